The number of amides is 1. The van der Waals surface area contributed by atoms with Crippen LogP contribution in [0.1, 0.15) is 20.7 Å². The van der Waals surface area contributed by atoms with Gasteiger partial charge in [-0.25, -0.2) is 0 Å². The number of hydrogen-bond donors (Lipinski definition) is 2. The molecule has 0 fully saturated rings. The summed E-state index contributed by atoms with van der Waals surface area (Å²) >= 11 is 0. The largest absolute Gasteiger partial charge is 0.480 e. The van der Waals surface area contributed by atoms with E-state index in [1.165, 1.54) is 0 Å². The van der Waals surface area contributed by atoms with Crippen LogP contribution in [0.5, 0.6) is 5.75 Å². The summed E-state index contributed by atoms with van der Waals surface area (Å²) in [5, 5.41) is 5.96. The van der Waals surface area contributed by atoms with Gasteiger partial charge in [-0.1, -0.05) is 30.3 Å². The normalized spacial score (nSPS) is 15.8. The first-order valence-electron chi connectivity index (χ1n) is 7.59. The molecule has 2 N–H and O–H groups in total. The minimum atomic E-state index is -0.489. The van der Waals surface area contributed by atoms with Crippen molar-refractivity contribution in [3.8, 4) is 5.75 Å². The van der Waals surface area contributed by atoms with E-state index >= 15 is 0 Å². The van der Waals surface area contributed by atoms with E-state index < -0.39 is 6.10 Å². The van der Waals surface area contributed by atoms with E-state index in [0.29, 0.717) is 36.5 Å². The fourth-order valence-corrected chi connectivity index (χ4v) is 2.48. The van der Waals surface area contributed by atoms with E-state index in [4.69, 9.17) is 4.74 Å². The van der Waals surface area contributed by atoms with Crippen molar-refractivity contribution >= 4 is 11.7 Å². The fourth-order valence-electron chi connectivity index (χ4n) is 2.48. The predicted molar refractivity (Wildman–Crippen MR) is 86.8 cm³/mol. The topological polar surface area (TPSA) is 67.4 Å². The summed E-state index contributed by atoms with van der Waals surface area (Å²) in [4.78, 5) is 24.0. The molecule has 2 aromatic carbocycles. The predicted octanol–water partition coefficient (Wildman–Crippen LogP) is 1.65. The van der Waals surface area contributed by atoms with E-state index in [2.05, 4.69) is 10.6 Å². The van der Waals surface area contributed by atoms with E-state index in [0.717, 1.165) is 0 Å². The average Bonchev–Trinajstić information content (AvgIpc) is 2.92. The summed E-state index contributed by atoms with van der Waals surface area (Å²) < 4.78 is 5.62. The third-order valence-electron chi connectivity index (χ3n) is 3.67. The first-order valence-corrected chi connectivity index (χ1v) is 7.59. The molecule has 5 heteroatoms. The molecular formula is C18H18N2O3. The maximum Gasteiger partial charge on any atom is 0.251 e. The summed E-state index contributed by atoms with van der Waals surface area (Å²) in [6, 6.07) is 16.3. The summed E-state index contributed by atoms with van der Waals surface area (Å²) in [6.45, 7) is 1.48. The molecular weight excluding hydrogens is 292 g/mol. The minimum absolute atomic E-state index is 0.00132. The number of ketones is 1. The first kappa shape index (κ1) is 15.2. The van der Waals surface area contributed by atoms with E-state index in [1.807, 2.05) is 30.3 Å². The van der Waals surface area contributed by atoms with E-state index in [9.17, 15) is 9.59 Å². The van der Waals surface area contributed by atoms with Gasteiger partial charge in [0.05, 0.1) is 5.56 Å². The average molecular weight is 310 g/mol. The maximum absolute atomic E-state index is 12.1. The third kappa shape index (κ3) is 3.57. The molecule has 2 aromatic rings. The van der Waals surface area contributed by atoms with E-state index in [1.54, 1.807) is 24.3 Å². The van der Waals surface area contributed by atoms with Crippen LogP contribution in [0, 0.1) is 0 Å². The number of Topliss-reactive ketones (excluding diaryl/α,β-unsaturated/α-hetero) is 1. The second-order valence-electron chi connectivity index (χ2n) is 5.29. The molecule has 0 radical (unpaired) electrons. The van der Waals surface area contributed by atoms with Crippen molar-refractivity contribution in [3.05, 3.63) is 65.7 Å². The van der Waals surface area contributed by atoms with Crippen LogP contribution in [0.25, 0.3) is 0 Å². The Balaban J connectivity index is 1.38. The Hall–Kier alpha value is -2.66. The lowest BCUT2D eigenvalue weighted by Gasteiger charge is -2.11. The van der Waals surface area contributed by atoms with Crippen LogP contribution in [0.4, 0.5) is 0 Å². The van der Waals surface area contributed by atoms with Crippen LogP contribution in [0.15, 0.2) is 54.6 Å². The standard InChI is InChI=1S/C18H18N2O3/c21-17-14-8-4-5-9-15(14)23-16(17)12-19-10-11-20-18(22)13-6-2-1-3-7-13/h1-9,16,19H,10-12H2,(H,20,22). The molecule has 3 rings (SSSR count). The molecule has 1 amide bonds. The molecule has 0 bridgehead atoms. The Kier molecular flexibility index (Phi) is 4.68. The number of carbonyl (C=O) groups is 2. The number of para-hydroxylation sites is 1. The van der Waals surface area contributed by atoms with Crippen molar-refractivity contribution < 1.29 is 14.3 Å². The fraction of sp³-hybridized carbons (Fsp3) is 0.222. The van der Waals surface area contributed by atoms with Crippen molar-refractivity contribution in [2.75, 3.05) is 19.6 Å². The molecule has 1 atom stereocenters. The number of carbonyl (C=O) groups excluding carboxylic acids is 2. The van der Waals surface area contributed by atoms with E-state index in [-0.39, 0.29) is 11.7 Å². The summed E-state index contributed by atoms with van der Waals surface area (Å²) in [5.74, 6) is 0.538. The van der Waals surface area contributed by atoms with Crippen molar-refractivity contribution in [2.24, 2.45) is 0 Å². The Morgan fingerprint density at radius 2 is 1.74 bits per heavy atom. The van der Waals surface area contributed by atoms with Gasteiger partial charge in [0.1, 0.15) is 5.75 Å². The molecule has 1 aliphatic rings. The van der Waals surface area contributed by atoms with Gasteiger partial charge in [0.15, 0.2) is 6.10 Å². The second-order valence-corrected chi connectivity index (χ2v) is 5.29. The first-order chi connectivity index (χ1) is 11.3. The molecule has 1 heterocycles. The summed E-state index contributed by atoms with van der Waals surface area (Å²) in [5.41, 5.74) is 1.27. The third-order valence-corrected chi connectivity index (χ3v) is 3.67. The molecule has 1 unspecified atom stereocenters. The molecule has 0 spiro atoms. The number of benzene rings is 2. The van der Waals surface area contributed by atoms with Crippen LogP contribution >= 0.6 is 0 Å². The molecule has 0 saturated heterocycles. The van der Waals surface area contributed by atoms with Crippen molar-refractivity contribution in [2.45, 2.75) is 6.10 Å². The van der Waals surface area contributed by atoms with Crippen LogP contribution in [-0.4, -0.2) is 37.4 Å². The number of ether oxygens (including phenoxy) is 1. The maximum atomic E-state index is 12.1. The minimum Gasteiger partial charge on any atom is -0.480 e. The lowest BCUT2D eigenvalue weighted by Crippen LogP contribution is -2.38. The van der Waals surface area contributed by atoms with Gasteiger partial charge in [0.2, 0.25) is 5.78 Å². The van der Waals surface area contributed by atoms with Crippen LogP contribution in [-0.2, 0) is 0 Å². The van der Waals surface area contributed by atoms with Gasteiger partial charge in [-0.15, -0.1) is 0 Å². The number of rotatable bonds is 6. The van der Waals surface area contributed by atoms with Crippen molar-refractivity contribution in [3.63, 3.8) is 0 Å². The zero-order chi connectivity index (χ0) is 16.1. The zero-order valence-electron chi connectivity index (χ0n) is 12.6. The van der Waals surface area contributed by atoms with Gasteiger partial charge in [0, 0.05) is 25.2 Å². The SMILES string of the molecule is O=C(NCCNCC1Oc2ccccc2C1=O)c1ccccc1. The van der Waals surface area contributed by atoms with Crippen LogP contribution in [0.3, 0.4) is 0 Å². The van der Waals surface area contributed by atoms with Gasteiger partial charge < -0.3 is 15.4 Å². The highest BCUT2D eigenvalue weighted by Gasteiger charge is 2.31. The van der Waals surface area contributed by atoms with Gasteiger partial charge in [-0.2, -0.15) is 0 Å². The number of nitrogens with one attached hydrogen (secondary N) is 2. The molecule has 118 valence electrons. The highest BCUT2D eigenvalue weighted by Crippen LogP contribution is 2.27. The number of hydrogen-bond acceptors (Lipinski definition) is 4. The Labute approximate surface area is 134 Å². The molecule has 0 aromatic heterocycles. The molecule has 5 nitrogen and oxygen atoms in total. The quantitative estimate of drug-likeness (QED) is 0.796. The van der Waals surface area contributed by atoms with Crippen LogP contribution < -0.4 is 15.4 Å². The lowest BCUT2D eigenvalue weighted by atomic mass is 10.1. The Morgan fingerprint density at radius 3 is 2.52 bits per heavy atom. The smallest absolute Gasteiger partial charge is 0.251 e. The lowest BCUT2D eigenvalue weighted by molar-refractivity contribution is 0.0854. The monoisotopic (exact) mass is 310 g/mol. The van der Waals surface area contributed by atoms with Gasteiger partial charge in [0.25, 0.3) is 5.91 Å². The van der Waals surface area contributed by atoms with Gasteiger partial charge in [-0.3, -0.25) is 9.59 Å². The van der Waals surface area contributed by atoms with Crippen LogP contribution in [0.2, 0.25) is 0 Å². The highest BCUT2D eigenvalue weighted by atomic mass is 16.5. The Morgan fingerprint density at radius 1 is 1.00 bits per heavy atom. The van der Waals surface area contributed by atoms with Crippen molar-refractivity contribution in [1.29, 1.82) is 0 Å². The summed E-state index contributed by atoms with van der Waals surface area (Å²) in [6.07, 6.45) is -0.489. The molecule has 23 heavy (non-hydrogen) atoms. The summed E-state index contributed by atoms with van der Waals surface area (Å²) in [7, 11) is 0. The van der Waals surface area contributed by atoms with Gasteiger partial charge in [-0.05, 0) is 24.3 Å². The van der Waals surface area contributed by atoms with Crippen molar-refractivity contribution in [1.82, 2.24) is 10.6 Å². The Bertz CT molecular complexity index is 700. The molecule has 0 saturated carbocycles. The number of fused-ring (bicyclic) bond motifs is 1. The van der Waals surface area contributed by atoms with Gasteiger partial charge >= 0.3 is 0 Å². The second kappa shape index (κ2) is 7.07. The zero-order valence-corrected chi connectivity index (χ0v) is 12.6. The highest BCUT2D eigenvalue weighted by molar-refractivity contribution is 6.04. The molecule has 1 aliphatic heterocycles. The molecule has 0 aliphatic carbocycles.